The van der Waals surface area contributed by atoms with Crippen molar-refractivity contribution in [3.05, 3.63) is 34.0 Å². The zero-order valence-corrected chi connectivity index (χ0v) is 12.4. The molecule has 3 N–H and O–H groups in total. The maximum Gasteiger partial charge on any atom is 0.335 e. The van der Waals surface area contributed by atoms with Gasteiger partial charge in [0.25, 0.3) is 11.6 Å². The molecule has 3 rings (SSSR count). The summed E-state index contributed by atoms with van der Waals surface area (Å²) >= 11 is 0. The number of rotatable bonds is 3. The van der Waals surface area contributed by atoms with E-state index in [2.05, 4.69) is 10.2 Å². The second kappa shape index (κ2) is 5.57. The Labute approximate surface area is 134 Å². The molecule has 1 fully saturated rings. The summed E-state index contributed by atoms with van der Waals surface area (Å²) in [5.74, 6) is -1.77. The molecule has 0 aliphatic carbocycles. The van der Waals surface area contributed by atoms with E-state index in [0.29, 0.717) is 10.9 Å². The second-order valence-electron chi connectivity index (χ2n) is 5.69. The summed E-state index contributed by atoms with van der Waals surface area (Å²) in [5, 5.41) is 36.7. The lowest BCUT2D eigenvalue weighted by atomic mass is 9.91. The Bertz CT molecular complexity index is 837. The van der Waals surface area contributed by atoms with Crippen molar-refractivity contribution < 1.29 is 24.7 Å². The van der Waals surface area contributed by atoms with Crippen molar-refractivity contribution in [2.24, 2.45) is 0 Å². The number of H-pyrrole nitrogens is 1. The predicted molar refractivity (Wildman–Crippen MR) is 80.5 cm³/mol. The monoisotopic (exact) mass is 334 g/mol. The zero-order valence-electron chi connectivity index (χ0n) is 12.4. The molecule has 24 heavy (non-hydrogen) atoms. The molecular weight excluding hydrogens is 320 g/mol. The molecule has 2 aromatic rings. The third-order valence-electron chi connectivity index (χ3n) is 4.24. The maximum atomic E-state index is 12.6. The molecule has 1 amide bonds. The topological polar surface area (TPSA) is 150 Å². The normalized spacial score (nSPS) is 17.0. The third-order valence-corrected chi connectivity index (χ3v) is 4.24. The molecule has 1 aromatic heterocycles. The summed E-state index contributed by atoms with van der Waals surface area (Å²) in [7, 11) is 0. The number of amides is 1. The molecule has 1 aliphatic heterocycles. The van der Waals surface area contributed by atoms with Gasteiger partial charge in [0.2, 0.25) is 0 Å². The molecule has 0 bridgehead atoms. The van der Waals surface area contributed by atoms with Crippen LogP contribution in [0.3, 0.4) is 0 Å². The Morgan fingerprint density at radius 3 is 2.58 bits per heavy atom. The number of nitrogens with one attached hydrogen (secondary N) is 1. The van der Waals surface area contributed by atoms with Crippen LogP contribution in [0.5, 0.6) is 0 Å². The van der Waals surface area contributed by atoms with Crippen molar-refractivity contribution in [1.82, 2.24) is 15.1 Å². The Balaban J connectivity index is 1.86. The van der Waals surface area contributed by atoms with Gasteiger partial charge >= 0.3 is 5.97 Å². The molecule has 0 atom stereocenters. The minimum atomic E-state index is -1.83. The lowest BCUT2D eigenvalue weighted by molar-refractivity contribution is -0.384. The number of aliphatic hydroxyl groups is 1. The van der Waals surface area contributed by atoms with Gasteiger partial charge in [-0.05, 0) is 6.07 Å². The summed E-state index contributed by atoms with van der Waals surface area (Å²) in [5.41, 5.74) is -1.46. The summed E-state index contributed by atoms with van der Waals surface area (Å²) in [6.45, 7) is 0.121. The van der Waals surface area contributed by atoms with Crippen LogP contribution in [-0.2, 0) is 4.79 Å². The number of nitro groups is 1. The number of carbonyl (C=O) groups is 2. The number of nitro benzene ring substituents is 1. The highest BCUT2D eigenvalue weighted by atomic mass is 16.6. The number of aliphatic carboxylic acids is 1. The standard InChI is InChI=1S/C14H14N4O6/c19-12(17-5-3-14(22,4-6-17)13(20)21)11-9-7-8(18(23)24)1-2-10(9)15-16-11/h1-2,7,22H,3-6H2,(H,15,16)(H,20,21). The first kappa shape index (κ1) is 15.9. The number of hydrogen-bond donors (Lipinski definition) is 3. The van der Waals surface area contributed by atoms with Crippen molar-refractivity contribution >= 4 is 28.5 Å². The minimum absolute atomic E-state index is 0.0365. The number of nitrogens with zero attached hydrogens (tertiary/aromatic N) is 3. The number of non-ortho nitro benzene ring substituents is 1. The largest absolute Gasteiger partial charge is 0.479 e. The van der Waals surface area contributed by atoms with Crippen LogP contribution in [0.1, 0.15) is 23.3 Å². The van der Waals surface area contributed by atoms with Crippen LogP contribution in [0.25, 0.3) is 10.9 Å². The third kappa shape index (κ3) is 2.56. The van der Waals surface area contributed by atoms with Crippen molar-refractivity contribution in [1.29, 1.82) is 0 Å². The van der Waals surface area contributed by atoms with Gasteiger partial charge in [0.1, 0.15) is 0 Å². The van der Waals surface area contributed by atoms with Crippen LogP contribution in [0, 0.1) is 10.1 Å². The number of carboxylic acid groups (broad SMARTS) is 1. The van der Waals surface area contributed by atoms with Gasteiger partial charge < -0.3 is 15.1 Å². The van der Waals surface area contributed by atoms with E-state index in [4.69, 9.17) is 5.11 Å². The van der Waals surface area contributed by atoms with Crippen molar-refractivity contribution in [3.63, 3.8) is 0 Å². The van der Waals surface area contributed by atoms with Gasteiger partial charge in [-0.15, -0.1) is 0 Å². The van der Waals surface area contributed by atoms with Crippen LogP contribution >= 0.6 is 0 Å². The number of likely N-dealkylation sites (tertiary alicyclic amines) is 1. The first-order valence-electron chi connectivity index (χ1n) is 7.19. The minimum Gasteiger partial charge on any atom is -0.479 e. The van der Waals surface area contributed by atoms with E-state index in [1.165, 1.54) is 23.1 Å². The molecule has 0 radical (unpaired) electrons. The van der Waals surface area contributed by atoms with Crippen molar-refractivity contribution in [2.75, 3.05) is 13.1 Å². The second-order valence-corrected chi connectivity index (χ2v) is 5.69. The summed E-state index contributed by atoms with van der Waals surface area (Å²) < 4.78 is 0. The molecule has 0 spiro atoms. The number of carboxylic acids is 1. The predicted octanol–water partition coefficient (Wildman–Crippen LogP) is 0.523. The van der Waals surface area contributed by atoms with E-state index in [1.54, 1.807) is 0 Å². The van der Waals surface area contributed by atoms with Gasteiger partial charge in [0.15, 0.2) is 11.3 Å². The highest BCUT2D eigenvalue weighted by molar-refractivity contribution is 6.05. The van der Waals surface area contributed by atoms with E-state index in [-0.39, 0.29) is 37.3 Å². The first-order valence-corrected chi connectivity index (χ1v) is 7.19. The number of aromatic amines is 1. The van der Waals surface area contributed by atoms with E-state index < -0.39 is 22.4 Å². The molecule has 1 aliphatic rings. The average molecular weight is 334 g/mol. The molecule has 0 unspecified atom stereocenters. The van der Waals surface area contributed by atoms with Crippen LogP contribution in [-0.4, -0.2) is 60.8 Å². The fourth-order valence-corrected chi connectivity index (χ4v) is 2.72. The highest BCUT2D eigenvalue weighted by Gasteiger charge is 2.41. The smallest absolute Gasteiger partial charge is 0.335 e. The molecule has 2 heterocycles. The number of fused-ring (bicyclic) bond motifs is 1. The Kier molecular flexibility index (Phi) is 3.68. The van der Waals surface area contributed by atoms with Gasteiger partial charge in [-0.1, -0.05) is 0 Å². The highest BCUT2D eigenvalue weighted by Crippen LogP contribution is 2.26. The number of benzene rings is 1. The SMILES string of the molecule is O=C(c1n[nH]c2ccc([N+](=O)[O-])cc12)N1CCC(O)(C(=O)O)CC1. The molecule has 1 aromatic carbocycles. The fourth-order valence-electron chi connectivity index (χ4n) is 2.72. The maximum absolute atomic E-state index is 12.6. The number of hydrogen-bond acceptors (Lipinski definition) is 6. The zero-order chi connectivity index (χ0) is 17.5. The Hall–Kier alpha value is -3.01. The molecule has 10 heteroatoms. The molecule has 126 valence electrons. The summed E-state index contributed by atoms with van der Waals surface area (Å²) in [4.78, 5) is 35.3. The number of carbonyl (C=O) groups excluding carboxylic acids is 1. The Morgan fingerprint density at radius 2 is 2.00 bits per heavy atom. The van der Waals surface area contributed by atoms with Gasteiger partial charge in [0.05, 0.1) is 10.4 Å². The molecule has 0 saturated carbocycles. The van der Waals surface area contributed by atoms with Gasteiger partial charge in [-0.25, -0.2) is 4.79 Å². The lowest BCUT2D eigenvalue weighted by Crippen LogP contribution is -2.50. The summed E-state index contributed by atoms with van der Waals surface area (Å²) in [6.07, 6.45) is -0.173. The van der Waals surface area contributed by atoms with Crippen molar-refractivity contribution in [2.45, 2.75) is 18.4 Å². The van der Waals surface area contributed by atoms with E-state index in [0.717, 1.165) is 0 Å². The molecule has 1 saturated heterocycles. The molecular formula is C14H14N4O6. The van der Waals surface area contributed by atoms with Crippen LogP contribution < -0.4 is 0 Å². The average Bonchev–Trinajstić information content (AvgIpc) is 2.97. The lowest BCUT2D eigenvalue weighted by Gasteiger charge is -2.35. The van der Waals surface area contributed by atoms with E-state index in [1.807, 2.05) is 0 Å². The quantitative estimate of drug-likeness (QED) is 0.547. The van der Waals surface area contributed by atoms with Crippen LogP contribution in [0.4, 0.5) is 5.69 Å². The van der Waals surface area contributed by atoms with Gasteiger partial charge in [-0.2, -0.15) is 5.10 Å². The van der Waals surface area contributed by atoms with Crippen LogP contribution in [0.15, 0.2) is 18.2 Å². The van der Waals surface area contributed by atoms with Gasteiger partial charge in [0, 0.05) is 43.5 Å². The van der Waals surface area contributed by atoms with Gasteiger partial charge in [-0.3, -0.25) is 20.0 Å². The van der Waals surface area contributed by atoms with Crippen LogP contribution in [0.2, 0.25) is 0 Å². The van der Waals surface area contributed by atoms with E-state index >= 15 is 0 Å². The number of piperidine rings is 1. The fraction of sp³-hybridized carbons (Fsp3) is 0.357. The molecule has 10 nitrogen and oxygen atoms in total. The first-order chi connectivity index (χ1) is 11.3. The summed E-state index contributed by atoms with van der Waals surface area (Å²) in [6, 6.07) is 4.04. The van der Waals surface area contributed by atoms with Crippen molar-refractivity contribution in [3.8, 4) is 0 Å². The van der Waals surface area contributed by atoms with E-state index in [9.17, 15) is 24.8 Å². The Morgan fingerprint density at radius 1 is 1.33 bits per heavy atom. The number of aromatic nitrogens is 2.